The van der Waals surface area contributed by atoms with E-state index in [0.717, 1.165) is 6.54 Å². The topological polar surface area (TPSA) is 15.3 Å². The van der Waals surface area contributed by atoms with Crippen molar-refractivity contribution in [2.45, 2.75) is 52.1 Å². The molecule has 3 atom stereocenters. The molecule has 20 heavy (non-hydrogen) atoms. The molecule has 0 aromatic heterocycles. The third-order valence-corrected chi connectivity index (χ3v) is 4.44. The first-order chi connectivity index (χ1) is 9.33. The summed E-state index contributed by atoms with van der Waals surface area (Å²) < 4.78 is 0. The van der Waals surface area contributed by atoms with E-state index in [4.69, 9.17) is 0 Å². The Labute approximate surface area is 124 Å². The highest BCUT2D eigenvalue weighted by Crippen LogP contribution is 2.39. The van der Waals surface area contributed by atoms with Crippen molar-refractivity contribution in [2.75, 3.05) is 20.6 Å². The Morgan fingerprint density at radius 2 is 1.80 bits per heavy atom. The second kappa shape index (κ2) is 5.87. The molecule has 0 heterocycles. The maximum absolute atomic E-state index is 3.56. The summed E-state index contributed by atoms with van der Waals surface area (Å²) in [7, 11) is 4.37. The third-order valence-electron chi connectivity index (χ3n) is 4.44. The summed E-state index contributed by atoms with van der Waals surface area (Å²) in [4.78, 5) is 2.55. The Morgan fingerprint density at radius 1 is 1.20 bits per heavy atom. The van der Waals surface area contributed by atoms with Crippen LogP contribution in [0, 0.1) is 5.41 Å². The van der Waals surface area contributed by atoms with E-state index >= 15 is 0 Å². The van der Waals surface area contributed by atoms with Gasteiger partial charge in [0.15, 0.2) is 0 Å². The van der Waals surface area contributed by atoms with Gasteiger partial charge in [-0.15, -0.1) is 0 Å². The maximum Gasteiger partial charge on any atom is 0.0478 e. The number of rotatable bonds is 3. The van der Waals surface area contributed by atoms with Crippen molar-refractivity contribution in [3.8, 4) is 0 Å². The molecule has 2 nitrogen and oxygen atoms in total. The fourth-order valence-electron chi connectivity index (χ4n) is 3.72. The lowest BCUT2D eigenvalue weighted by atomic mass is 9.77. The number of nitrogens with zero attached hydrogens (tertiary/aromatic N) is 1. The molecule has 3 unspecified atom stereocenters. The summed E-state index contributed by atoms with van der Waals surface area (Å²) in [5.74, 6) is 0.642. The Kier molecular flexibility index (Phi) is 4.55. The predicted molar refractivity (Wildman–Crippen MR) is 87.1 cm³/mol. The van der Waals surface area contributed by atoms with Gasteiger partial charge in [0.25, 0.3) is 0 Å². The van der Waals surface area contributed by atoms with Gasteiger partial charge in [0.1, 0.15) is 0 Å². The molecular formula is C18H30N2. The molecule has 1 aliphatic rings. The van der Waals surface area contributed by atoms with Crippen molar-refractivity contribution >= 4 is 0 Å². The summed E-state index contributed by atoms with van der Waals surface area (Å²) in [6.07, 6.45) is 1.23. The third kappa shape index (κ3) is 3.24. The maximum atomic E-state index is 3.56. The monoisotopic (exact) mass is 274 g/mol. The first kappa shape index (κ1) is 15.5. The number of nitrogens with one attached hydrogen (secondary N) is 1. The van der Waals surface area contributed by atoms with E-state index in [0.29, 0.717) is 23.4 Å². The van der Waals surface area contributed by atoms with Gasteiger partial charge in [-0.1, -0.05) is 52.0 Å². The second-order valence-corrected chi connectivity index (χ2v) is 7.58. The molecule has 1 N–H and O–H groups in total. The number of fused-ring (bicyclic) bond motifs is 1. The molecule has 0 aliphatic heterocycles. The first-order valence-corrected chi connectivity index (χ1v) is 7.80. The Balaban J connectivity index is 2.28. The van der Waals surface area contributed by atoms with Gasteiger partial charge in [-0.2, -0.15) is 0 Å². The van der Waals surface area contributed by atoms with Crippen molar-refractivity contribution in [1.82, 2.24) is 10.2 Å². The van der Waals surface area contributed by atoms with Crippen LogP contribution in [0.5, 0.6) is 0 Å². The van der Waals surface area contributed by atoms with Crippen LogP contribution in [0.2, 0.25) is 0 Å². The van der Waals surface area contributed by atoms with Crippen LogP contribution in [0.1, 0.15) is 57.2 Å². The predicted octanol–water partition coefficient (Wildman–Crippen LogP) is 3.80. The van der Waals surface area contributed by atoms with Crippen LogP contribution in [0.4, 0.5) is 0 Å². The van der Waals surface area contributed by atoms with Crippen LogP contribution < -0.4 is 5.32 Å². The quantitative estimate of drug-likeness (QED) is 0.902. The van der Waals surface area contributed by atoms with Crippen LogP contribution in [0.15, 0.2) is 24.3 Å². The lowest BCUT2D eigenvalue weighted by Gasteiger charge is -2.43. The highest BCUT2D eigenvalue weighted by atomic mass is 15.2. The van der Waals surface area contributed by atoms with Gasteiger partial charge in [0, 0.05) is 18.6 Å². The minimum atomic E-state index is 0.341. The average molecular weight is 274 g/mol. The van der Waals surface area contributed by atoms with Gasteiger partial charge >= 0.3 is 0 Å². The number of likely N-dealkylation sites (N-methyl/N-ethyl adjacent to an activating group) is 2. The summed E-state index contributed by atoms with van der Waals surface area (Å²) in [6, 6.07) is 9.94. The van der Waals surface area contributed by atoms with E-state index in [2.05, 4.69) is 76.3 Å². The second-order valence-electron chi connectivity index (χ2n) is 7.58. The molecule has 2 rings (SSSR count). The van der Waals surface area contributed by atoms with Gasteiger partial charge in [0.2, 0.25) is 0 Å². The van der Waals surface area contributed by atoms with Crippen LogP contribution in [-0.4, -0.2) is 31.6 Å². The van der Waals surface area contributed by atoms with Gasteiger partial charge in [0.05, 0.1) is 0 Å². The fraction of sp³-hybridized carbons (Fsp3) is 0.667. The molecule has 2 heteroatoms. The molecule has 0 radical (unpaired) electrons. The molecule has 0 saturated heterocycles. The minimum Gasteiger partial charge on any atom is -0.312 e. The molecule has 0 fully saturated rings. The summed E-state index contributed by atoms with van der Waals surface area (Å²) in [5, 5.41) is 3.56. The van der Waals surface area contributed by atoms with Crippen LogP contribution >= 0.6 is 0 Å². The number of benzene rings is 1. The fourth-order valence-corrected chi connectivity index (χ4v) is 3.72. The lowest BCUT2D eigenvalue weighted by molar-refractivity contribution is 0.124. The Hall–Kier alpha value is -0.860. The molecule has 0 amide bonds. The molecule has 0 spiro atoms. The van der Waals surface area contributed by atoms with Gasteiger partial charge < -0.3 is 10.2 Å². The van der Waals surface area contributed by atoms with Gasteiger partial charge in [-0.3, -0.25) is 0 Å². The molecule has 1 aliphatic carbocycles. The highest BCUT2D eigenvalue weighted by molar-refractivity contribution is 5.36. The van der Waals surface area contributed by atoms with Crippen LogP contribution in [0.3, 0.4) is 0 Å². The van der Waals surface area contributed by atoms with Crippen molar-refractivity contribution in [3.05, 3.63) is 35.4 Å². The van der Waals surface area contributed by atoms with E-state index in [1.54, 1.807) is 0 Å². The standard InChI is InChI=1S/C18H30N2/c1-13-11-16(20(6)12-18(2,3)4)17(19-5)15-10-8-7-9-14(13)15/h7-10,13,16-17,19H,11-12H2,1-6H3. The van der Waals surface area contributed by atoms with E-state index in [1.165, 1.54) is 17.5 Å². The van der Waals surface area contributed by atoms with E-state index in [1.807, 2.05) is 0 Å². The van der Waals surface area contributed by atoms with Crippen molar-refractivity contribution in [1.29, 1.82) is 0 Å². The zero-order valence-corrected chi connectivity index (χ0v) is 13.9. The van der Waals surface area contributed by atoms with Crippen molar-refractivity contribution in [3.63, 3.8) is 0 Å². The lowest BCUT2D eigenvalue weighted by Crippen LogP contribution is -2.47. The smallest absolute Gasteiger partial charge is 0.0478 e. The normalized spacial score (nSPS) is 26.6. The Bertz CT molecular complexity index is 447. The summed E-state index contributed by atoms with van der Waals surface area (Å²) in [5.41, 5.74) is 3.35. The minimum absolute atomic E-state index is 0.341. The highest BCUT2D eigenvalue weighted by Gasteiger charge is 2.35. The van der Waals surface area contributed by atoms with Gasteiger partial charge in [-0.25, -0.2) is 0 Å². The van der Waals surface area contributed by atoms with Gasteiger partial charge in [-0.05, 0) is 43.0 Å². The molecule has 112 valence electrons. The number of hydrogen-bond acceptors (Lipinski definition) is 2. The largest absolute Gasteiger partial charge is 0.312 e. The average Bonchev–Trinajstić information content (AvgIpc) is 2.36. The zero-order valence-electron chi connectivity index (χ0n) is 13.9. The van der Waals surface area contributed by atoms with Crippen molar-refractivity contribution < 1.29 is 0 Å². The van der Waals surface area contributed by atoms with E-state index in [9.17, 15) is 0 Å². The van der Waals surface area contributed by atoms with Crippen molar-refractivity contribution in [2.24, 2.45) is 5.41 Å². The van der Waals surface area contributed by atoms with E-state index in [-0.39, 0.29) is 0 Å². The zero-order chi connectivity index (χ0) is 14.9. The molecule has 1 aromatic rings. The Morgan fingerprint density at radius 3 is 2.35 bits per heavy atom. The molecule has 1 aromatic carbocycles. The van der Waals surface area contributed by atoms with Crippen LogP contribution in [0.25, 0.3) is 0 Å². The molecule has 0 saturated carbocycles. The number of hydrogen-bond donors (Lipinski definition) is 1. The summed E-state index contributed by atoms with van der Waals surface area (Å²) in [6.45, 7) is 10.4. The van der Waals surface area contributed by atoms with Crippen LogP contribution in [-0.2, 0) is 0 Å². The SMILES string of the molecule is CNC1c2ccccc2C(C)CC1N(C)CC(C)(C)C. The first-order valence-electron chi connectivity index (χ1n) is 7.80. The molecule has 0 bridgehead atoms. The molecular weight excluding hydrogens is 244 g/mol. The summed E-state index contributed by atoms with van der Waals surface area (Å²) >= 11 is 0. The van der Waals surface area contributed by atoms with E-state index < -0.39 is 0 Å².